The Labute approximate surface area is 95.4 Å². The molecular formula is C12H14F2OSi. The second-order valence-corrected chi connectivity index (χ2v) is 9.12. The normalized spacial score (nSPS) is 10.9. The van der Waals surface area contributed by atoms with E-state index >= 15 is 0 Å². The van der Waals surface area contributed by atoms with Crippen molar-refractivity contribution in [2.45, 2.75) is 26.3 Å². The summed E-state index contributed by atoms with van der Waals surface area (Å²) in [6.45, 7) is 3.47. The monoisotopic (exact) mass is 240 g/mol. The number of ether oxygens (including phenoxy) is 1. The molecule has 0 radical (unpaired) electrons. The molecule has 0 N–H and O–H groups in total. The van der Waals surface area contributed by atoms with Gasteiger partial charge in [0, 0.05) is 0 Å². The van der Waals surface area contributed by atoms with Crippen molar-refractivity contribution in [1.29, 1.82) is 0 Å². The van der Waals surface area contributed by atoms with Crippen molar-refractivity contribution in [2.75, 3.05) is 0 Å². The molecule has 0 heterocycles. The molecule has 1 rings (SSSR count). The molecule has 0 amide bonds. The van der Waals surface area contributed by atoms with Gasteiger partial charge in [-0.3, -0.25) is 0 Å². The van der Waals surface area contributed by atoms with Crippen molar-refractivity contribution in [3.63, 3.8) is 0 Å². The van der Waals surface area contributed by atoms with E-state index in [1.54, 1.807) is 18.2 Å². The largest absolute Gasteiger partial charge is 0.434 e. The Morgan fingerprint density at radius 3 is 2.38 bits per heavy atom. The first kappa shape index (κ1) is 12.7. The number of benzene rings is 1. The van der Waals surface area contributed by atoms with E-state index in [9.17, 15) is 8.78 Å². The molecule has 1 aromatic carbocycles. The Kier molecular flexibility index (Phi) is 4.08. The van der Waals surface area contributed by atoms with E-state index in [1.807, 2.05) is 0 Å². The molecule has 0 atom stereocenters. The molecule has 0 saturated carbocycles. The smallest absolute Gasteiger partial charge is 0.387 e. The van der Waals surface area contributed by atoms with Crippen LogP contribution in [0, 0.1) is 11.5 Å². The highest BCUT2D eigenvalue weighted by Crippen LogP contribution is 2.19. The Morgan fingerprint density at radius 1 is 1.19 bits per heavy atom. The Bertz CT molecular complexity index is 413. The molecule has 16 heavy (non-hydrogen) atoms. The van der Waals surface area contributed by atoms with Crippen molar-refractivity contribution in [1.82, 2.24) is 0 Å². The molecular weight excluding hydrogens is 226 g/mol. The molecule has 0 bridgehead atoms. The number of para-hydroxylation sites is 1. The summed E-state index contributed by atoms with van der Waals surface area (Å²) in [6, 6.07) is 6.59. The fourth-order valence-electron chi connectivity index (χ4n) is 1.02. The van der Waals surface area contributed by atoms with Crippen molar-refractivity contribution >= 4 is 8.07 Å². The minimum atomic E-state index is -2.81. The summed E-state index contributed by atoms with van der Waals surface area (Å²) in [5.41, 5.74) is 3.63. The summed E-state index contributed by atoms with van der Waals surface area (Å²) >= 11 is 0. The van der Waals surface area contributed by atoms with Crippen LogP contribution in [-0.2, 0) is 0 Å². The maximum absolute atomic E-state index is 12.1. The van der Waals surface area contributed by atoms with Crippen LogP contribution in [0.2, 0.25) is 19.6 Å². The lowest BCUT2D eigenvalue weighted by atomic mass is 10.2. The van der Waals surface area contributed by atoms with E-state index in [1.165, 1.54) is 6.07 Å². The van der Waals surface area contributed by atoms with Gasteiger partial charge in [0.05, 0.1) is 5.56 Å². The summed E-state index contributed by atoms with van der Waals surface area (Å²) in [4.78, 5) is 0. The van der Waals surface area contributed by atoms with Gasteiger partial charge in [-0.1, -0.05) is 37.7 Å². The van der Waals surface area contributed by atoms with Gasteiger partial charge in [0.2, 0.25) is 0 Å². The van der Waals surface area contributed by atoms with Gasteiger partial charge in [-0.2, -0.15) is 8.78 Å². The number of hydrogen-bond donors (Lipinski definition) is 0. The van der Waals surface area contributed by atoms with Crippen molar-refractivity contribution in [2.24, 2.45) is 0 Å². The summed E-state index contributed by atoms with van der Waals surface area (Å²) < 4.78 is 28.6. The second-order valence-electron chi connectivity index (χ2n) is 4.37. The molecule has 0 aliphatic heterocycles. The SMILES string of the molecule is C[Si](C)(C)C#Cc1ccccc1OC(F)F. The summed E-state index contributed by atoms with van der Waals surface area (Å²) in [5.74, 6) is 3.05. The second kappa shape index (κ2) is 5.13. The Hall–Kier alpha value is -1.34. The minimum absolute atomic E-state index is 0.142. The summed E-state index contributed by atoms with van der Waals surface area (Å²) in [6.07, 6.45) is 0. The van der Waals surface area contributed by atoms with Crippen LogP contribution < -0.4 is 4.74 Å². The summed E-state index contributed by atoms with van der Waals surface area (Å²) in [5, 5.41) is 0. The standard InChI is InChI=1S/C12H14F2OSi/c1-16(2,3)9-8-10-6-4-5-7-11(10)15-12(13)14/h4-7,12H,1-3H3. The highest BCUT2D eigenvalue weighted by molar-refractivity contribution is 6.83. The zero-order valence-corrected chi connectivity index (χ0v) is 10.6. The molecule has 0 aliphatic rings. The first-order chi connectivity index (χ1) is 7.38. The number of hydrogen-bond acceptors (Lipinski definition) is 1. The fourth-order valence-corrected chi connectivity index (χ4v) is 1.53. The van der Waals surface area contributed by atoms with E-state index in [2.05, 4.69) is 35.8 Å². The van der Waals surface area contributed by atoms with Crippen LogP contribution in [0.4, 0.5) is 8.78 Å². The van der Waals surface area contributed by atoms with Crippen LogP contribution in [0.5, 0.6) is 5.75 Å². The molecule has 1 aromatic rings. The van der Waals surface area contributed by atoms with Gasteiger partial charge in [0.25, 0.3) is 0 Å². The number of alkyl halides is 2. The molecule has 0 spiro atoms. The molecule has 0 aliphatic carbocycles. The summed E-state index contributed by atoms with van der Waals surface area (Å²) in [7, 11) is -1.51. The highest BCUT2D eigenvalue weighted by Gasteiger charge is 2.10. The predicted molar refractivity (Wildman–Crippen MR) is 63.3 cm³/mol. The average molecular weight is 240 g/mol. The fraction of sp³-hybridized carbons (Fsp3) is 0.333. The van der Waals surface area contributed by atoms with Crippen LogP contribution in [0.3, 0.4) is 0 Å². The first-order valence-corrected chi connectivity index (χ1v) is 8.45. The lowest BCUT2D eigenvalue weighted by Gasteiger charge is -2.07. The molecule has 4 heteroatoms. The molecule has 0 unspecified atom stereocenters. The lowest BCUT2D eigenvalue weighted by molar-refractivity contribution is -0.0500. The van der Waals surface area contributed by atoms with Gasteiger partial charge in [-0.05, 0) is 12.1 Å². The third-order valence-electron chi connectivity index (χ3n) is 1.68. The maximum Gasteiger partial charge on any atom is 0.387 e. The Balaban J connectivity index is 2.98. The van der Waals surface area contributed by atoms with E-state index in [-0.39, 0.29) is 5.75 Å². The van der Waals surface area contributed by atoms with Crippen LogP contribution in [0.25, 0.3) is 0 Å². The highest BCUT2D eigenvalue weighted by atomic mass is 28.3. The topological polar surface area (TPSA) is 9.23 Å². The first-order valence-electron chi connectivity index (χ1n) is 4.95. The van der Waals surface area contributed by atoms with Crippen molar-refractivity contribution in [3.05, 3.63) is 29.8 Å². The lowest BCUT2D eigenvalue weighted by Crippen LogP contribution is -2.16. The minimum Gasteiger partial charge on any atom is -0.434 e. The van der Waals surface area contributed by atoms with Gasteiger partial charge in [-0.25, -0.2) is 0 Å². The zero-order chi connectivity index (χ0) is 12.2. The molecule has 0 saturated heterocycles. The van der Waals surface area contributed by atoms with Gasteiger partial charge in [0.15, 0.2) is 0 Å². The molecule has 86 valence electrons. The van der Waals surface area contributed by atoms with Crippen LogP contribution in [0.15, 0.2) is 24.3 Å². The van der Waals surface area contributed by atoms with Crippen LogP contribution in [0.1, 0.15) is 5.56 Å². The molecule has 1 nitrogen and oxygen atoms in total. The number of halogens is 2. The zero-order valence-electron chi connectivity index (χ0n) is 9.55. The van der Waals surface area contributed by atoms with E-state index < -0.39 is 14.7 Å². The quantitative estimate of drug-likeness (QED) is 0.567. The number of rotatable bonds is 2. The van der Waals surface area contributed by atoms with Crippen molar-refractivity contribution in [3.8, 4) is 17.2 Å². The van der Waals surface area contributed by atoms with Crippen molar-refractivity contribution < 1.29 is 13.5 Å². The van der Waals surface area contributed by atoms with Gasteiger partial charge < -0.3 is 4.74 Å². The molecule has 0 aromatic heterocycles. The predicted octanol–water partition coefficient (Wildman–Crippen LogP) is 3.52. The van der Waals surface area contributed by atoms with Gasteiger partial charge in [0.1, 0.15) is 13.8 Å². The van der Waals surface area contributed by atoms with E-state index in [0.717, 1.165) is 0 Å². The Morgan fingerprint density at radius 2 is 1.81 bits per heavy atom. The van der Waals surface area contributed by atoms with Crippen LogP contribution >= 0.6 is 0 Å². The third kappa shape index (κ3) is 4.45. The maximum atomic E-state index is 12.1. The van der Waals surface area contributed by atoms with Gasteiger partial charge >= 0.3 is 6.61 Å². The van der Waals surface area contributed by atoms with E-state index in [4.69, 9.17) is 0 Å². The third-order valence-corrected chi connectivity index (χ3v) is 2.55. The van der Waals surface area contributed by atoms with Gasteiger partial charge in [-0.15, -0.1) is 5.54 Å². The average Bonchev–Trinajstić information content (AvgIpc) is 2.14. The van der Waals surface area contributed by atoms with E-state index in [0.29, 0.717) is 5.56 Å². The van der Waals surface area contributed by atoms with Crippen LogP contribution in [-0.4, -0.2) is 14.7 Å². The molecule has 0 fully saturated rings.